The van der Waals surface area contributed by atoms with E-state index in [2.05, 4.69) is 15.3 Å². The van der Waals surface area contributed by atoms with E-state index in [4.69, 9.17) is 5.73 Å². The lowest BCUT2D eigenvalue weighted by atomic mass is 9.98. The van der Waals surface area contributed by atoms with Crippen LogP contribution in [-0.4, -0.2) is 62.4 Å². The fraction of sp³-hybridized carbons (Fsp3) is 0.647. The zero-order chi connectivity index (χ0) is 19.3. The van der Waals surface area contributed by atoms with E-state index in [1.807, 2.05) is 6.92 Å². The van der Waals surface area contributed by atoms with Gasteiger partial charge < -0.3 is 26.0 Å². The molecule has 0 spiro atoms. The van der Waals surface area contributed by atoms with Gasteiger partial charge in [-0.3, -0.25) is 9.59 Å². The third-order valence-corrected chi connectivity index (χ3v) is 4.92. The standard InChI is InChI=1S/C17H27N5O4/c1-3-10(2)14(17(25)26)21-15(23)13-5-4-6-22(13)16(24)12(18)7-11-8-19-9-20-11/h8-10,12-14H,3-7,18H2,1-2H3,(H,19,20)(H,21,23)(H,25,26)/t10-,12-,13-,14-/m0/s1. The number of rotatable bonds is 8. The van der Waals surface area contributed by atoms with E-state index in [9.17, 15) is 19.5 Å². The number of carbonyl (C=O) groups excluding carboxylic acids is 2. The fourth-order valence-corrected chi connectivity index (χ4v) is 3.16. The van der Waals surface area contributed by atoms with Crippen LogP contribution < -0.4 is 11.1 Å². The summed E-state index contributed by atoms with van der Waals surface area (Å²) >= 11 is 0. The van der Waals surface area contributed by atoms with E-state index in [0.29, 0.717) is 31.5 Å². The summed E-state index contributed by atoms with van der Waals surface area (Å²) in [7, 11) is 0. The van der Waals surface area contributed by atoms with Gasteiger partial charge in [0.25, 0.3) is 0 Å². The quantitative estimate of drug-likeness (QED) is 0.506. The van der Waals surface area contributed by atoms with Crippen molar-refractivity contribution in [3.63, 3.8) is 0 Å². The topological polar surface area (TPSA) is 141 Å². The van der Waals surface area contributed by atoms with Crippen molar-refractivity contribution in [2.24, 2.45) is 11.7 Å². The van der Waals surface area contributed by atoms with Gasteiger partial charge >= 0.3 is 5.97 Å². The molecular formula is C17H27N5O4. The Bertz CT molecular complexity index is 633. The first kappa shape index (κ1) is 19.9. The van der Waals surface area contributed by atoms with Crippen LogP contribution in [-0.2, 0) is 20.8 Å². The van der Waals surface area contributed by atoms with Crippen LogP contribution in [0.5, 0.6) is 0 Å². The molecule has 26 heavy (non-hydrogen) atoms. The van der Waals surface area contributed by atoms with Crippen LogP contribution in [0.1, 0.15) is 38.8 Å². The number of nitrogens with two attached hydrogens (primary N) is 1. The van der Waals surface area contributed by atoms with Gasteiger partial charge in [0.1, 0.15) is 12.1 Å². The molecule has 4 atom stereocenters. The maximum atomic E-state index is 12.7. The summed E-state index contributed by atoms with van der Waals surface area (Å²) in [5.41, 5.74) is 6.67. The first-order valence-corrected chi connectivity index (χ1v) is 8.92. The highest BCUT2D eigenvalue weighted by Crippen LogP contribution is 2.20. The van der Waals surface area contributed by atoms with E-state index in [1.54, 1.807) is 13.1 Å². The van der Waals surface area contributed by atoms with Crippen LogP contribution in [0.15, 0.2) is 12.5 Å². The van der Waals surface area contributed by atoms with Crippen LogP contribution in [0.25, 0.3) is 0 Å². The zero-order valence-electron chi connectivity index (χ0n) is 15.1. The molecule has 2 amide bonds. The highest BCUT2D eigenvalue weighted by molar-refractivity contribution is 5.92. The lowest BCUT2D eigenvalue weighted by Gasteiger charge is -2.28. The molecule has 9 nitrogen and oxygen atoms in total. The molecule has 0 bridgehead atoms. The normalized spacial score (nSPS) is 20.4. The highest BCUT2D eigenvalue weighted by Gasteiger charge is 2.38. The summed E-state index contributed by atoms with van der Waals surface area (Å²) in [4.78, 5) is 45.0. The fourth-order valence-electron chi connectivity index (χ4n) is 3.16. The van der Waals surface area contributed by atoms with Crippen molar-refractivity contribution in [3.8, 4) is 0 Å². The minimum absolute atomic E-state index is 0.205. The predicted molar refractivity (Wildman–Crippen MR) is 94.0 cm³/mol. The number of aromatic amines is 1. The van der Waals surface area contributed by atoms with Crippen LogP contribution in [0.4, 0.5) is 0 Å². The van der Waals surface area contributed by atoms with Crippen molar-refractivity contribution in [2.75, 3.05) is 6.54 Å². The Kier molecular flexibility index (Phi) is 6.73. The van der Waals surface area contributed by atoms with Crippen molar-refractivity contribution in [1.29, 1.82) is 0 Å². The highest BCUT2D eigenvalue weighted by atomic mass is 16.4. The molecule has 1 fully saturated rings. The number of carboxylic acid groups (broad SMARTS) is 1. The molecule has 1 aliphatic heterocycles. The zero-order valence-corrected chi connectivity index (χ0v) is 15.1. The van der Waals surface area contributed by atoms with Gasteiger partial charge in [-0.25, -0.2) is 9.78 Å². The number of nitrogens with one attached hydrogen (secondary N) is 2. The number of aromatic nitrogens is 2. The van der Waals surface area contributed by atoms with E-state index < -0.39 is 30.0 Å². The molecule has 0 aromatic carbocycles. The van der Waals surface area contributed by atoms with Gasteiger partial charge in [-0.15, -0.1) is 0 Å². The maximum Gasteiger partial charge on any atom is 0.326 e. The molecule has 0 aliphatic carbocycles. The number of H-pyrrole nitrogens is 1. The molecule has 0 saturated carbocycles. The van der Waals surface area contributed by atoms with Gasteiger partial charge in [0, 0.05) is 19.2 Å². The van der Waals surface area contributed by atoms with Crippen molar-refractivity contribution in [2.45, 2.75) is 57.7 Å². The molecule has 2 heterocycles. The maximum absolute atomic E-state index is 12.7. The second-order valence-corrected chi connectivity index (χ2v) is 6.77. The number of amides is 2. The molecule has 0 radical (unpaired) electrons. The SMILES string of the molecule is CC[C@H](C)[C@H](NC(=O)[C@@H]1CCCN1C(=O)[C@@H](N)Cc1c[nH]cn1)C(=O)O. The van der Waals surface area contributed by atoms with E-state index in [1.165, 1.54) is 11.2 Å². The molecule has 5 N–H and O–H groups in total. The van der Waals surface area contributed by atoms with Crippen molar-refractivity contribution in [1.82, 2.24) is 20.2 Å². The number of carbonyl (C=O) groups is 3. The Labute approximate surface area is 152 Å². The third-order valence-electron chi connectivity index (χ3n) is 4.92. The summed E-state index contributed by atoms with van der Waals surface area (Å²) in [6, 6.07) is -2.45. The van der Waals surface area contributed by atoms with E-state index in [-0.39, 0.29) is 18.2 Å². The van der Waals surface area contributed by atoms with Gasteiger partial charge in [0.15, 0.2) is 0 Å². The molecule has 9 heteroatoms. The van der Waals surface area contributed by atoms with Gasteiger partial charge in [0.05, 0.1) is 18.1 Å². The number of hydrogen-bond donors (Lipinski definition) is 4. The molecular weight excluding hydrogens is 338 g/mol. The Morgan fingerprint density at radius 2 is 2.23 bits per heavy atom. The molecule has 1 aliphatic rings. The number of nitrogens with zero attached hydrogens (tertiary/aromatic N) is 2. The second kappa shape index (κ2) is 8.79. The molecule has 1 aromatic heterocycles. The summed E-state index contributed by atoms with van der Waals surface area (Å²) in [6.45, 7) is 4.08. The monoisotopic (exact) mass is 365 g/mol. The first-order chi connectivity index (χ1) is 12.3. The largest absolute Gasteiger partial charge is 0.480 e. The van der Waals surface area contributed by atoms with E-state index in [0.717, 1.165) is 0 Å². The van der Waals surface area contributed by atoms with Crippen LogP contribution in [0.2, 0.25) is 0 Å². The number of hydrogen-bond acceptors (Lipinski definition) is 5. The number of imidazole rings is 1. The molecule has 0 unspecified atom stereocenters. The van der Waals surface area contributed by atoms with Crippen molar-refractivity contribution < 1.29 is 19.5 Å². The lowest BCUT2D eigenvalue weighted by molar-refractivity contribution is -0.145. The Morgan fingerprint density at radius 3 is 2.81 bits per heavy atom. The average Bonchev–Trinajstić information content (AvgIpc) is 3.29. The second-order valence-electron chi connectivity index (χ2n) is 6.77. The smallest absolute Gasteiger partial charge is 0.326 e. The minimum Gasteiger partial charge on any atom is -0.480 e. The number of carboxylic acids is 1. The summed E-state index contributed by atoms with van der Waals surface area (Å²) in [6.07, 6.45) is 5.26. The van der Waals surface area contributed by atoms with Crippen LogP contribution in [0, 0.1) is 5.92 Å². The lowest BCUT2D eigenvalue weighted by Crippen LogP contribution is -2.55. The predicted octanol–water partition coefficient (Wildman–Crippen LogP) is -0.114. The molecule has 1 saturated heterocycles. The Hall–Kier alpha value is -2.42. The molecule has 2 rings (SSSR count). The Morgan fingerprint density at radius 1 is 1.50 bits per heavy atom. The average molecular weight is 365 g/mol. The third kappa shape index (κ3) is 4.60. The summed E-state index contributed by atoms with van der Waals surface area (Å²) in [5.74, 6) is -2.03. The van der Waals surface area contributed by atoms with Gasteiger partial charge in [-0.2, -0.15) is 0 Å². The van der Waals surface area contributed by atoms with Gasteiger partial charge in [-0.05, 0) is 18.8 Å². The summed E-state index contributed by atoms with van der Waals surface area (Å²) in [5, 5.41) is 11.9. The van der Waals surface area contributed by atoms with E-state index >= 15 is 0 Å². The summed E-state index contributed by atoms with van der Waals surface area (Å²) < 4.78 is 0. The van der Waals surface area contributed by atoms with Crippen LogP contribution in [0.3, 0.4) is 0 Å². The minimum atomic E-state index is -1.07. The van der Waals surface area contributed by atoms with Gasteiger partial charge in [-0.1, -0.05) is 20.3 Å². The number of likely N-dealkylation sites (tertiary alicyclic amines) is 1. The molecule has 144 valence electrons. The number of aliphatic carboxylic acids is 1. The Balaban J connectivity index is 2.02. The van der Waals surface area contributed by atoms with Gasteiger partial charge in [0.2, 0.25) is 11.8 Å². The first-order valence-electron chi connectivity index (χ1n) is 8.92. The van der Waals surface area contributed by atoms with Crippen LogP contribution >= 0.6 is 0 Å². The van der Waals surface area contributed by atoms with Crippen molar-refractivity contribution in [3.05, 3.63) is 18.2 Å². The molecule has 1 aromatic rings. The van der Waals surface area contributed by atoms with Crippen molar-refractivity contribution >= 4 is 17.8 Å².